The van der Waals surface area contributed by atoms with Gasteiger partial charge in [0.1, 0.15) is 11.4 Å². The first kappa shape index (κ1) is 21.6. The highest BCUT2D eigenvalue weighted by molar-refractivity contribution is 7.13. The summed E-state index contributed by atoms with van der Waals surface area (Å²) in [6.45, 7) is 0.810. The van der Waals surface area contributed by atoms with Crippen molar-refractivity contribution in [3.63, 3.8) is 0 Å². The lowest BCUT2D eigenvalue weighted by Crippen LogP contribution is -2.29. The van der Waals surface area contributed by atoms with Crippen LogP contribution in [0.25, 0.3) is 0 Å². The number of rotatable bonds is 7. The van der Waals surface area contributed by atoms with Crippen LogP contribution in [0.1, 0.15) is 21.6 Å². The molecule has 0 fully saturated rings. The number of nitrogens with zero attached hydrogens (tertiary/aromatic N) is 2. The van der Waals surface area contributed by atoms with Crippen LogP contribution in [-0.2, 0) is 12.7 Å². The fourth-order valence-corrected chi connectivity index (χ4v) is 3.55. The summed E-state index contributed by atoms with van der Waals surface area (Å²) in [5, 5.41) is 14.0. The number of hydrogen-bond donors (Lipinski definition) is 3. The zero-order valence-electron chi connectivity index (χ0n) is 15.7. The van der Waals surface area contributed by atoms with Crippen LogP contribution in [0, 0.1) is 0 Å². The van der Waals surface area contributed by atoms with E-state index in [1.165, 1.54) is 29.5 Å². The molecule has 4 N–H and O–H groups in total. The van der Waals surface area contributed by atoms with E-state index in [0.717, 1.165) is 12.1 Å². The molecule has 0 bridgehead atoms. The number of phenols is 1. The highest BCUT2D eigenvalue weighted by Crippen LogP contribution is 2.30. The fourth-order valence-electron chi connectivity index (χ4n) is 2.72. The molecule has 1 amide bonds. The summed E-state index contributed by atoms with van der Waals surface area (Å²) in [5.41, 5.74) is 6.07. The van der Waals surface area contributed by atoms with Gasteiger partial charge in [0.15, 0.2) is 5.13 Å². The van der Waals surface area contributed by atoms with Gasteiger partial charge in [0.05, 0.1) is 5.56 Å². The molecular formula is C20H19F3N4O2S. The molecule has 2 aromatic carbocycles. The van der Waals surface area contributed by atoms with Crippen molar-refractivity contribution in [3.8, 4) is 5.75 Å². The van der Waals surface area contributed by atoms with Gasteiger partial charge in [0.2, 0.25) is 0 Å². The lowest BCUT2D eigenvalue weighted by atomic mass is 10.1. The number of nitrogens with two attached hydrogens (primary N) is 1. The molecule has 0 aliphatic heterocycles. The van der Waals surface area contributed by atoms with Crippen LogP contribution >= 0.6 is 11.3 Å². The summed E-state index contributed by atoms with van der Waals surface area (Å²) >= 11 is 1.20. The van der Waals surface area contributed by atoms with Gasteiger partial charge in [-0.25, -0.2) is 4.98 Å². The van der Waals surface area contributed by atoms with E-state index in [9.17, 15) is 23.1 Å². The number of benzene rings is 2. The summed E-state index contributed by atoms with van der Waals surface area (Å²) in [6, 6.07) is 11.1. The third-order valence-electron chi connectivity index (χ3n) is 4.15. The van der Waals surface area contributed by atoms with Gasteiger partial charge in [-0.2, -0.15) is 13.2 Å². The Morgan fingerprint density at radius 3 is 2.60 bits per heavy atom. The standard InChI is InChI=1S/C20H19F3N4O2S/c21-20(22,23)14-3-1-2-13(10-14)11-27(9-8-24)19-26-17(12-30-19)18(29)25-15-4-6-16(28)7-5-15/h1-7,10,12,28H,8-9,11,24H2,(H,25,29). The summed E-state index contributed by atoms with van der Waals surface area (Å²) < 4.78 is 38.9. The van der Waals surface area contributed by atoms with Crippen molar-refractivity contribution in [2.45, 2.75) is 12.7 Å². The van der Waals surface area contributed by atoms with Crippen LogP contribution in [0.15, 0.2) is 53.9 Å². The molecule has 0 spiro atoms. The molecule has 0 saturated heterocycles. The molecule has 1 heterocycles. The van der Waals surface area contributed by atoms with Gasteiger partial charge in [-0.15, -0.1) is 11.3 Å². The molecule has 30 heavy (non-hydrogen) atoms. The first-order valence-electron chi connectivity index (χ1n) is 8.93. The van der Waals surface area contributed by atoms with Crippen molar-refractivity contribution in [1.82, 2.24) is 4.98 Å². The van der Waals surface area contributed by atoms with Crippen molar-refractivity contribution in [2.75, 3.05) is 23.3 Å². The highest BCUT2D eigenvalue weighted by atomic mass is 32.1. The molecule has 6 nitrogen and oxygen atoms in total. The molecule has 1 aromatic heterocycles. The van der Waals surface area contributed by atoms with Gasteiger partial charge in [0, 0.05) is 30.7 Å². The number of aromatic nitrogens is 1. The molecule has 0 atom stereocenters. The van der Waals surface area contributed by atoms with Gasteiger partial charge in [-0.05, 0) is 42.0 Å². The van der Waals surface area contributed by atoms with Crippen LogP contribution in [-0.4, -0.2) is 29.1 Å². The van der Waals surface area contributed by atoms with Gasteiger partial charge in [-0.3, -0.25) is 4.79 Å². The van der Waals surface area contributed by atoms with E-state index in [0.29, 0.717) is 22.9 Å². The molecular weight excluding hydrogens is 417 g/mol. The van der Waals surface area contributed by atoms with Crippen LogP contribution in [0.5, 0.6) is 5.75 Å². The molecule has 3 rings (SSSR count). The second kappa shape index (κ2) is 9.14. The second-order valence-corrected chi connectivity index (χ2v) is 7.26. The maximum absolute atomic E-state index is 13.0. The molecule has 158 valence electrons. The predicted molar refractivity (Wildman–Crippen MR) is 110 cm³/mol. The zero-order chi connectivity index (χ0) is 21.7. The lowest BCUT2D eigenvalue weighted by Gasteiger charge is -2.21. The number of hydrogen-bond acceptors (Lipinski definition) is 6. The number of thiazole rings is 1. The predicted octanol–water partition coefficient (Wildman–Crippen LogP) is 4.09. The number of nitrogens with one attached hydrogen (secondary N) is 1. The minimum absolute atomic E-state index is 0.0796. The van der Waals surface area contributed by atoms with E-state index in [1.807, 2.05) is 0 Å². The number of aromatic hydroxyl groups is 1. The maximum Gasteiger partial charge on any atom is 0.416 e. The number of carbonyl (C=O) groups is 1. The van der Waals surface area contributed by atoms with Crippen LogP contribution < -0.4 is 16.0 Å². The molecule has 0 aliphatic carbocycles. The van der Waals surface area contributed by atoms with Gasteiger partial charge < -0.3 is 21.1 Å². The first-order valence-corrected chi connectivity index (χ1v) is 9.81. The number of alkyl halides is 3. The Morgan fingerprint density at radius 1 is 1.20 bits per heavy atom. The molecule has 0 saturated carbocycles. The fraction of sp³-hybridized carbons (Fsp3) is 0.200. The number of phenolic OH excluding ortho intramolecular Hbond substituents is 1. The molecule has 3 aromatic rings. The Bertz CT molecular complexity index is 1010. The topological polar surface area (TPSA) is 91.5 Å². The SMILES string of the molecule is NCCN(Cc1cccc(C(F)(F)F)c1)c1nc(C(=O)Nc2ccc(O)cc2)cs1. The van der Waals surface area contributed by atoms with E-state index >= 15 is 0 Å². The lowest BCUT2D eigenvalue weighted by molar-refractivity contribution is -0.137. The molecule has 10 heteroatoms. The number of halogens is 3. The Hall–Kier alpha value is -3.11. The van der Waals surface area contributed by atoms with Crippen LogP contribution in [0.3, 0.4) is 0 Å². The average Bonchev–Trinajstić information content (AvgIpc) is 3.19. The molecule has 0 aliphatic rings. The van der Waals surface area contributed by atoms with Crippen molar-refractivity contribution in [1.29, 1.82) is 0 Å². The summed E-state index contributed by atoms with van der Waals surface area (Å²) in [4.78, 5) is 18.5. The van der Waals surface area contributed by atoms with Crippen molar-refractivity contribution < 1.29 is 23.1 Å². The summed E-state index contributed by atoms with van der Waals surface area (Å²) in [6.07, 6.45) is -4.42. The molecule has 0 unspecified atom stereocenters. The average molecular weight is 436 g/mol. The van der Waals surface area contributed by atoms with Crippen LogP contribution in [0.2, 0.25) is 0 Å². The number of anilines is 2. The highest BCUT2D eigenvalue weighted by Gasteiger charge is 2.30. The Kier molecular flexibility index (Phi) is 6.58. The smallest absolute Gasteiger partial charge is 0.416 e. The van der Waals surface area contributed by atoms with Gasteiger partial charge >= 0.3 is 6.18 Å². The maximum atomic E-state index is 13.0. The second-order valence-electron chi connectivity index (χ2n) is 6.42. The normalized spacial score (nSPS) is 11.3. The quantitative estimate of drug-likeness (QED) is 0.486. The van der Waals surface area contributed by atoms with Gasteiger partial charge in [0.25, 0.3) is 5.91 Å². The minimum atomic E-state index is -4.42. The van der Waals surface area contributed by atoms with Crippen LogP contribution in [0.4, 0.5) is 24.0 Å². The number of carbonyl (C=O) groups excluding carboxylic acids is 1. The third-order valence-corrected chi connectivity index (χ3v) is 5.05. The Morgan fingerprint density at radius 2 is 1.93 bits per heavy atom. The third kappa shape index (κ3) is 5.49. The van der Waals surface area contributed by atoms with E-state index in [-0.39, 0.29) is 24.5 Å². The zero-order valence-corrected chi connectivity index (χ0v) is 16.5. The first-order chi connectivity index (χ1) is 14.3. The van der Waals surface area contributed by atoms with E-state index < -0.39 is 17.6 Å². The van der Waals surface area contributed by atoms with Crippen molar-refractivity contribution in [3.05, 3.63) is 70.7 Å². The Labute approximate surface area is 174 Å². The Balaban J connectivity index is 1.75. The van der Waals surface area contributed by atoms with E-state index in [2.05, 4.69) is 10.3 Å². The summed E-state index contributed by atoms with van der Waals surface area (Å²) in [7, 11) is 0. The minimum Gasteiger partial charge on any atom is -0.508 e. The largest absolute Gasteiger partial charge is 0.508 e. The number of amides is 1. The van der Waals surface area contributed by atoms with Crippen molar-refractivity contribution >= 4 is 28.1 Å². The van der Waals surface area contributed by atoms with Crippen molar-refractivity contribution in [2.24, 2.45) is 5.73 Å². The van der Waals surface area contributed by atoms with Gasteiger partial charge in [-0.1, -0.05) is 12.1 Å². The van der Waals surface area contributed by atoms with E-state index in [4.69, 9.17) is 5.73 Å². The molecule has 0 radical (unpaired) electrons. The van der Waals surface area contributed by atoms with E-state index in [1.54, 1.807) is 28.5 Å². The summed E-state index contributed by atoms with van der Waals surface area (Å²) in [5.74, 6) is -0.356. The monoisotopic (exact) mass is 436 g/mol.